The van der Waals surface area contributed by atoms with Crippen LogP contribution in [0.2, 0.25) is 0 Å². The summed E-state index contributed by atoms with van der Waals surface area (Å²) >= 11 is 0. The van der Waals surface area contributed by atoms with Gasteiger partial charge in [-0.3, -0.25) is 9.59 Å². The van der Waals surface area contributed by atoms with Crippen LogP contribution in [0.4, 0.5) is 0 Å². The fourth-order valence-electron chi connectivity index (χ4n) is 2.72. The first-order chi connectivity index (χ1) is 9.08. The molecule has 1 rings (SSSR count). The van der Waals surface area contributed by atoms with Crippen molar-refractivity contribution >= 4 is 11.8 Å². The highest BCUT2D eigenvalue weighted by Gasteiger charge is 2.19. The minimum absolute atomic E-state index is 0.0177. The Morgan fingerprint density at radius 3 is 2.63 bits per heavy atom. The van der Waals surface area contributed by atoms with E-state index in [1.54, 1.807) is 0 Å². The first-order valence-corrected chi connectivity index (χ1v) is 7.61. The van der Waals surface area contributed by atoms with Crippen LogP contribution in [0.25, 0.3) is 0 Å². The van der Waals surface area contributed by atoms with Gasteiger partial charge in [0.1, 0.15) is 0 Å². The minimum atomic E-state index is 0.0177. The molecule has 0 bridgehead atoms. The van der Waals surface area contributed by atoms with Crippen LogP contribution >= 0.6 is 0 Å². The monoisotopic (exact) mass is 268 g/mol. The maximum Gasteiger partial charge on any atom is 0.220 e. The lowest BCUT2D eigenvalue weighted by atomic mass is 9.87. The number of carbonyl (C=O) groups is 2. The number of rotatable bonds is 7. The Hall–Kier alpha value is -1.06. The molecule has 0 aromatic rings. The molecule has 0 spiro atoms. The Labute approximate surface area is 116 Å². The minimum Gasteiger partial charge on any atom is -0.356 e. The molecule has 2 N–H and O–H groups in total. The molecule has 2 atom stereocenters. The molecule has 4 heteroatoms. The summed E-state index contributed by atoms with van der Waals surface area (Å²) in [5, 5.41) is 5.91. The highest BCUT2D eigenvalue weighted by atomic mass is 16.2. The molecule has 1 saturated carbocycles. The van der Waals surface area contributed by atoms with Crippen molar-refractivity contribution in [3.63, 3.8) is 0 Å². The van der Waals surface area contributed by atoms with Gasteiger partial charge in [0.05, 0.1) is 0 Å². The molecule has 0 saturated heterocycles. The van der Waals surface area contributed by atoms with Crippen LogP contribution in [0.15, 0.2) is 0 Å². The van der Waals surface area contributed by atoms with Crippen LogP contribution in [0, 0.1) is 5.92 Å². The molecule has 2 unspecified atom stereocenters. The average molecular weight is 268 g/mol. The summed E-state index contributed by atoms with van der Waals surface area (Å²) in [4.78, 5) is 22.4. The van der Waals surface area contributed by atoms with Crippen LogP contribution in [-0.2, 0) is 9.59 Å². The predicted molar refractivity (Wildman–Crippen MR) is 76.7 cm³/mol. The van der Waals surface area contributed by atoms with Gasteiger partial charge in [0.2, 0.25) is 11.8 Å². The van der Waals surface area contributed by atoms with Crippen molar-refractivity contribution in [1.82, 2.24) is 10.6 Å². The Morgan fingerprint density at radius 1 is 1.16 bits per heavy atom. The van der Waals surface area contributed by atoms with Crippen LogP contribution < -0.4 is 10.6 Å². The highest BCUT2D eigenvalue weighted by molar-refractivity contribution is 5.76. The molecular formula is C15H28N2O2. The lowest BCUT2D eigenvalue weighted by molar-refractivity contribution is -0.122. The van der Waals surface area contributed by atoms with Crippen molar-refractivity contribution in [2.45, 2.75) is 71.3 Å². The van der Waals surface area contributed by atoms with Gasteiger partial charge in [-0.25, -0.2) is 0 Å². The molecule has 0 aliphatic heterocycles. The number of unbranched alkanes of at least 4 members (excludes halogenated alkanes) is 2. The van der Waals surface area contributed by atoms with E-state index < -0.39 is 0 Å². The number of amides is 2. The van der Waals surface area contributed by atoms with Crippen molar-refractivity contribution in [1.29, 1.82) is 0 Å². The summed E-state index contributed by atoms with van der Waals surface area (Å²) in [5.41, 5.74) is 0. The van der Waals surface area contributed by atoms with Gasteiger partial charge in [-0.15, -0.1) is 0 Å². The standard InChI is InChI=1S/C15H28N2O2/c1-12-7-6-8-14(11-12)17-15(19)9-4-3-5-10-16-13(2)18/h12,14H,3-11H2,1-2H3,(H,16,18)(H,17,19). The molecule has 110 valence electrons. The topological polar surface area (TPSA) is 58.2 Å². The van der Waals surface area contributed by atoms with E-state index in [4.69, 9.17) is 0 Å². The van der Waals surface area contributed by atoms with Crippen LogP contribution in [0.5, 0.6) is 0 Å². The quantitative estimate of drug-likeness (QED) is 0.696. The Morgan fingerprint density at radius 2 is 1.95 bits per heavy atom. The second-order valence-electron chi connectivity index (χ2n) is 5.83. The van der Waals surface area contributed by atoms with Gasteiger partial charge >= 0.3 is 0 Å². The summed E-state index contributed by atoms with van der Waals surface area (Å²) in [7, 11) is 0. The number of hydrogen-bond acceptors (Lipinski definition) is 2. The van der Waals surface area contributed by atoms with E-state index in [1.807, 2.05) is 0 Å². The third-order valence-corrected chi connectivity index (χ3v) is 3.76. The molecule has 19 heavy (non-hydrogen) atoms. The first-order valence-electron chi connectivity index (χ1n) is 7.61. The summed E-state index contributed by atoms with van der Waals surface area (Å²) < 4.78 is 0. The van der Waals surface area contributed by atoms with Gasteiger partial charge < -0.3 is 10.6 Å². The normalized spacial score (nSPS) is 22.8. The predicted octanol–water partition coefficient (Wildman–Crippen LogP) is 2.38. The SMILES string of the molecule is CC(=O)NCCCCCC(=O)NC1CCCC(C)C1. The zero-order valence-corrected chi connectivity index (χ0v) is 12.3. The fourth-order valence-corrected chi connectivity index (χ4v) is 2.72. The van der Waals surface area contributed by atoms with Crippen LogP contribution in [0.1, 0.15) is 65.2 Å². The lowest BCUT2D eigenvalue weighted by Gasteiger charge is -2.27. The molecule has 4 nitrogen and oxygen atoms in total. The number of nitrogens with one attached hydrogen (secondary N) is 2. The van der Waals surface area contributed by atoms with Crippen molar-refractivity contribution < 1.29 is 9.59 Å². The Bertz CT molecular complexity index is 292. The molecule has 1 aliphatic carbocycles. The average Bonchev–Trinajstić information content (AvgIpc) is 2.33. The number of carbonyl (C=O) groups excluding carboxylic acids is 2. The summed E-state index contributed by atoms with van der Waals surface area (Å²) in [6.07, 6.45) is 8.28. The molecule has 1 aliphatic rings. The van der Waals surface area contributed by atoms with Gasteiger partial charge in [-0.2, -0.15) is 0 Å². The molecule has 0 radical (unpaired) electrons. The first kappa shape index (κ1) is 16.0. The van der Waals surface area contributed by atoms with Crippen molar-refractivity contribution in [2.24, 2.45) is 5.92 Å². The highest BCUT2D eigenvalue weighted by Crippen LogP contribution is 2.23. The smallest absolute Gasteiger partial charge is 0.220 e. The largest absolute Gasteiger partial charge is 0.356 e. The molecule has 2 amide bonds. The zero-order chi connectivity index (χ0) is 14.1. The van der Waals surface area contributed by atoms with Gasteiger partial charge in [0, 0.05) is 25.9 Å². The van der Waals surface area contributed by atoms with E-state index in [0.29, 0.717) is 12.5 Å². The number of hydrogen-bond donors (Lipinski definition) is 2. The second-order valence-corrected chi connectivity index (χ2v) is 5.83. The lowest BCUT2D eigenvalue weighted by Crippen LogP contribution is -2.37. The maximum absolute atomic E-state index is 11.8. The second kappa shape index (κ2) is 8.94. The Kier molecular flexibility index (Phi) is 7.53. The molecule has 0 heterocycles. The van der Waals surface area contributed by atoms with E-state index in [2.05, 4.69) is 17.6 Å². The van der Waals surface area contributed by atoms with Gasteiger partial charge in [0.25, 0.3) is 0 Å². The van der Waals surface area contributed by atoms with Crippen molar-refractivity contribution in [3.05, 3.63) is 0 Å². The van der Waals surface area contributed by atoms with E-state index >= 15 is 0 Å². The van der Waals surface area contributed by atoms with E-state index in [-0.39, 0.29) is 11.8 Å². The summed E-state index contributed by atoms with van der Waals surface area (Å²) in [5.74, 6) is 0.958. The van der Waals surface area contributed by atoms with Crippen LogP contribution in [0.3, 0.4) is 0 Å². The zero-order valence-electron chi connectivity index (χ0n) is 12.3. The van der Waals surface area contributed by atoms with Gasteiger partial charge in [-0.1, -0.05) is 26.2 Å². The molecule has 0 aromatic carbocycles. The van der Waals surface area contributed by atoms with E-state index in [9.17, 15) is 9.59 Å². The Balaban J connectivity index is 2.00. The molecular weight excluding hydrogens is 240 g/mol. The van der Waals surface area contributed by atoms with Gasteiger partial charge in [-0.05, 0) is 31.6 Å². The van der Waals surface area contributed by atoms with Gasteiger partial charge in [0.15, 0.2) is 0 Å². The van der Waals surface area contributed by atoms with Crippen molar-refractivity contribution in [2.75, 3.05) is 6.54 Å². The third-order valence-electron chi connectivity index (χ3n) is 3.76. The van der Waals surface area contributed by atoms with Crippen molar-refractivity contribution in [3.8, 4) is 0 Å². The summed E-state index contributed by atoms with van der Waals surface area (Å²) in [6.45, 7) is 4.51. The van der Waals surface area contributed by atoms with E-state index in [1.165, 1.54) is 19.8 Å². The molecule has 1 fully saturated rings. The fraction of sp³-hybridized carbons (Fsp3) is 0.867. The van der Waals surface area contributed by atoms with Crippen LogP contribution in [-0.4, -0.2) is 24.4 Å². The maximum atomic E-state index is 11.8. The third kappa shape index (κ3) is 7.85. The summed E-state index contributed by atoms with van der Waals surface area (Å²) in [6, 6.07) is 0.399. The van der Waals surface area contributed by atoms with E-state index in [0.717, 1.165) is 44.6 Å². The molecule has 0 aromatic heterocycles.